The highest BCUT2D eigenvalue weighted by Crippen LogP contribution is 2.28. The zero-order chi connectivity index (χ0) is 13.1. The van der Waals surface area contributed by atoms with Crippen LogP contribution in [-0.4, -0.2) is 23.9 Å². The number of nitrogens with zero attached hydrogens (tertiary/aromatic N) is 1. The minimum Gasteiger partial charge on any atom is -0.339 e. The molecule has 0 aromatic heterocycles. The molecule has 1 heterocycles. The number of amides is 1. The van der Waals surface area contributed by atoms with E-state index in [1.54, 1.807) is 12.1 Å². The lowest BCUT2D eigenvalue weighted by Crippen LogP contribution is -2.32. The van der Waals surface area contributed by atoms with Gasteiger partial charge in [0.15, 0.2) is 0 Å². The molecule has 1 saturated heterocycles. The van der Waals surface area contributed by atoms with E-state index in [0.29, 0.717) is 15.6 Å². The molecule has 2 rings (SSSR count). The van der Waals surface area contributed by atoms with Crippen molar-refractivity contribution in [3.8, 4) is 0 Å². The molecule has 0 atom stereocenters. The Balaban J connectivity index is 2.27. The van der Waals surface area contributed by atoms with Crippen LogP contribution in [0.4, 0.5) is 0 Å². The highest BCUT2D eigenvalue weighted by atomic mass is 127. The quantitative estimate of drug-likeness (QED) is 0.500. The lowest BCUT2D eigenvalue weighted by molar-refractivity contribution is 0.0760. The van der Waals surface area contributed by atoms with Crippen molar-refractivity contribution in [2.24, 2.45) is 0 Å². The van der Waals surface area contributed by atoms with E-state index in [-0.39, 0.29) is 5.91 Å². The average molecular weight is 398 g/mol. The second kappa shape index (κ2) is 6.44. The molecule has 0 aliphatic carbocycles. The van der Waals surface area contributed by atoms with Gasteiger partial charge in [-0.25, -0.2) is 0 Å². The van der Waals surface area contributed by atoms with E-state index in [1.807, 2.05) is 4.90 Å². The SMILES string of the molecule is O=C(c1cc(Cl)cc(Cl)c1I)N1CCCCCC1. The Kier molecular flexibility index (Phi) is 5.15. The molecule has 5 heteroatoms. The van der Waals surface area contributed by atoms with Gasteiger partial charge < -0.3 is 4.90 Å². The van der Waals surface area contributed by atoms with Crippen molar-refractivity contribution in [1.29, 1.82) is 0 Å². The van der Waals surface area contributed by atoms with E-state index < -0.39 is 0 Å². The van der Waals surface area contributed by atoms with E-state index in [1.165, 1.54) is 12.8 Å². The summed E-state index contributed by atoms with van der Waals surface area (Å²) in [6, 6.07) is 3.38. The number of likely N-dealkylation sites (tertiary alicyclic amines) is 1. The second-order valence-corrected chi connectivity index (χ2v) is 6.38. The van der Waals surface area contributed by atoms with Crippen molar-refractivity contribution in [3.05, 3.63) is 31.3 Å². The third-order valence-corrected chi connectivity index (χ3v) is 5.11. The average Bonchev–Trinajstić information content (AvgIpc) is 2.61. The van der Waals surface area contributed by atoms with Gasteiger partial charge in [0.2, 0.25) is 0 Å². The van der Waals surface area contributed by atoms with Gasteiger partial charge in [0.1, 0.15) is 0 Å². The Morgan fingerprint density at radius 2 is 1.72 bits per heavy atom. The fraction of sp³-hybridized carbons (Fsp3) is 0.462. The predicted octanol–water partition coefficient (Wildman–Crippen LogP) is 4.61. The van der Waals surface area contributed by atoms with Gasteiger partial charge in [-0.15, -0.1) is 0 Å². The highest BCUT2D eigenvalue weighted by molar-refractivity contribution is 14.1. The largest absolute Gasteiger partial charge is 0.339 e. The van der Waals surface area contributed by atoms with Gasteiger partial charge in [0, 0.05) is 21.7 Å². The topological polar surface area (TPSA) is 20.3 Å². The van der Waals surface area contributed by atoms with E-state index in [4.69, 9.17) is 23.2 Å². The van der Waals surface area contributed by atoms with Gasteiger partial charge in [-0.1, -0.05) is 36.0 Å². The molecule has 0 spiro atoms. The Labute approximate surface area is 131 Å². The van der Waals surface area contributed by atoms with Crippen molar-refractivity contribution in [1.82, 2.24) is 4.90 Å². The van der Waals surface area contributed by atoms with E-state index in [0.717, 1.165) is 29.5 Å². The first-order valence-electron chi connectivity index (χ1n) is 6.03. The summed E-state index contributed by atoms with van der Waals surface area (Å²) in [7, 11) is 0. The first kappa shape index (κ1) is 14.4. The molecule has 0 N–H and O–H groups in total. The Morgan fingerprint density at radius 1 is 1.11 bits per heavy atom. The number of carbonyl (C=O) groups is 1. The summed E-state index contributed by atoms with van der Waals surface area (Å²) in [5.74, 6) is 0.0469. The zero-order valence-electron chi connectivity index (χ0n) is 9.89. The summed E-state index contributed by atoms with van der Waals surface area (Å²) in [4.78, 5) is 14.4. The number of carbonyl (C=O) groups excluding carboxylic acids is 1. The molecule has 0 radical (unpaired) electrons. The molecular weight excluding hydrogens is 384 g/mol. The molecule has 1 aromatic carbocycles. The first-order chi connectivity index (χ1) is 8.59. The van der Waals surface area contributed by atoms with Crippen molar-refractivity contribution >= 4 is 51.7 Å². The lowest BCUT2D eigenvalue weighted by atomic mass is 10.2. The maximum absolute atomic E-state index is 12.5. The normalized spacial score (nSPS) is 16.5. The fourth-order valence-electron chi connectivity index (χ4n) is 2.16. The Morgan fingerprint density at radius 3 is 2.33 bits per heavy atom. The molecule has 1 aliphatic rings. The molecule has 0 unspecified atom stereocenters. The Bertz CT molecular complexity index is 457. The maximum atomic E-state index is 12.5. The van der Waals surface area contributed by atoms with Crippen LogP contribution in [0, 0.1) is 3.57 Å². The molecule has 1 aromatic rings. The van der Waals surface area contributed by atoms with Crippen molar-refractivity contribution in [2.75, 3.05) is 13.1 Å². The van der Waals surface area contributed by atoms with Crippen LogP contribution >= 0.6 is 45.8 Å². The summed E-state index contributed by atoms with van der Waals surface area (Å²) in [5.41, 5.74) is 0.620. The number of halogens is 3. The second-order valence-electron chi connectivity index (χ2n) is 4.46. The van der Waals surface area contributed by atoms with Gasteiger partial charge in [-0.2, -0.15) is 0 Å². The van der Waals surface area contributed by atoms with Gasteiger partial charge >= 0.3 is 0 Å². The van der Waals surface area contributed by atoms with Crippen molar-refractivity contribution < 1.29 is 4.79 Å². The van der Waals surface area contributed by atoms with Crippen LogP contribution in [-0.2, 0) is 0 Å². The van der Waals surface area contributed by atoms with Gasteiger partial charge in [-0.05, 0) is 47.6 Å². The molecule has 1 aliphatic heterocycles. The molecule has 2 nitrogen and oxygen atoms in total. The lowest BCUT2D eigenvalue weighted by Gasteiger charge is -2.21. The van der Waals surface area contributed by atoms with E-state index >= 15 is 0 Å². The van der Waals surface area contributed by atoms with Crippen molar-refractivity contribution in [2.45, 2.75) is 25.7 Å². The van der Waals surface area contributed by atoms with Crippen LogP contribution in [0.3, 0.4) is 0 Å². The minimum atomic E-state index is 0.0469. The minimum absolute atomic E-state index is 0.0469. The predicted molar refractivity (Wildman–Crippen MR) is 83.6 cm³/mol. The van der Waals surface area contributed by atoms with Crippen molar-refractivity contribution in [3.63, 3.8) is 0 Å². The van der Waals surface area contributed by atoms with Gasteiger partial charge in [0.05, 0.1) is 10.6 Å². The number of hydrogen-bond donors (Lipinski definition) is 0. The van der Waals surface area contributed by atoms with Crippen LogP contribution < -0.4 is 0 Å². The van der Waals surface area contributed by atoms with Crippen LogP contribution in [0.25, 0.3) is 0 Å². The fourth-order valence-corrected chi connectivity index (χ4v) is 3.19. The smallest absolute Gasteiger partial charge is 0.255 e. The summed E-state index contributed by atoms with van der Waals surface area (Å²) < 4.78 is 0.785. The number of hydrogen-bond acceptors (Lipinski definition) is 1. The number of rotatable bonds is 1. The molecule has 0 bridgehead atoms. The summed E-state index contributed by atoms with van der Waals surface area (Å²) >= 11 is 14.2. The monoisotopic (exact) mass is 397 g/mol. The van der Waals surface area contributed by atoms with Crippen LogP contribution in [0.1, 0.15) is 36.0 Å². The maximum Gasteiger partial charge on any atom is 0.255 e. The molecule has 98 valence electrons. The van der Waals surface area contributed by atoms with Gasteiger partial charge in [-0.3, -0.25) is 4.79 Å². The van der Waals surface area contributed by atoms with Crippen LogP contribution in [0.15, 0.2) is 12.1 Å². The third kappa shape index (κ3) is 3.31. The zero-order valence-corrected chi connectivity index (χ0v) is 13.6. The van der Waals surface area contributed by atoms with Crippen LogP contribution in [0.5, 0.6) is 0 Å². The van der Waals surface area contributed by atoms with Crippen LogP contribution in [0.2, 0.25) is 10.0 Å². The summed E-state index contributed by atoms with van der Waals surface area (Å²) in [6.45, 7) is 1.66. The summed E-state index contributed by atoms with van der Waals surface area (Å²) in [6.07, 6.45) is 4.57. The molecule has 1 amide bonds. The highest BCUT2D eigenvalue weighted by Gasteiger charge is 2.21. The molecular formula is C13H14Cl2INO. The summed E-state index contributed by atoms with van der Waals surface area (Å²) in [5, 5.41) is 1.06. The molecule has 0 saturated carbocycles. The third-order valence-electron chi connectivity index (χ3n) is 3.12. The van der Waals surface area contributed by atoms with E-state index in [9.17, 15) is 4.79 Å². The number of benzene rings is 1. The molecule has 1 fully saturated rings. The standard InChI is InChI=1S/C13H14Cl2INO/c14-9-7-10(12(16)11(15)8-9)13(18)17-5-3-1-2-4-6-17/h7-8H,1-6H2. The van der Waals surface area contributed by atoms with Gasteiger partial charge in [0.25, 0.3) is 5.91 Å². The van der Waals surface area contributed by atoms with E-state index in [2.05, 4.69) is 22.6 Å². The first-order valence-corrected chi connectivity index (χ1v) is 7.87. The molecule has 18 heavy (non-hydrogen) atoms. The Hall–Kier alpha value is -0.0000000000000000555.